The minimum Gasteiger partial charge on any atom is -0.508 e. The lowest BCUT2D eigenvalue weighted by atomic mass is 9.93. The Morgan fingerprint density at radius 2 is 1.85 bits per heavy atom. The van der Waals surface area contributed by atoms with E-state index in [1.165, 1.54) is 30.4 Å². The molecule has 1 saturated heterocycles. The molecule has 0 amide bonds. The Morgan fingerprint density at radius 3 is 2.50 bits per heavy atom. The van der Waals surface area contributed by atoms with Crippen LogP contribution >= 0.6 is 0 Å². The molecule has 0 aromatic heterocycles. The lowest BCUT2D eigenvalue weighted by molar-refractivity contribution is -0.141. The highest BCUT2D eigenvalue weighted by atomic mass is 16.4. The van der Waals surface area contributed by atoms with E-state index in [0.29, 0.717) is 18.7 Å². The van der Waals surface area contributed by atoms with Gasteiger partial charge in [0.25, 0.3) is 0 Å². The molecule has 0 radical (unpaired) electrons. The zero-order chi connectivity index (χ0) is 14.1. The molecule has 2 unspecified atom stereocenters. The third-order valence-corrected chi connectivity index (χ3v) is 4.60. The van der Waals surface area contributed by atoms with Gasteiger partial charge in [-0.05, 0) is 49.3 Å². The largest absolute Gasteiger partial charge is 0.508 e. The summed E-state index contributed by atoms with van der Waals surface area (Å²) in [6.07, 6.45) is 6.30. The smallest absolute Gasteiger partial charge is 0.307 e. The number of aromatic hydroxyl groups is 1. The predicted molar refractivity (Wildman–Crippen MR) is 75.9 cm³/mol. The Bertz CT molecular complexity index is 527. The normalized spacial score (nSPS) is 26.0. The first-order valence-electron chi connectivity index (χ1n) is 7.46. The molecule has 20 heavy (non-hydrogen) atoms. The number of carboxylic acid groups (broad SMARTS) is 1. The fourth-order valence-corrected chi connectivity index (χ4v) is 3.41. The molecular weight excluding hydrogens is 254 g/mol. The van der Waals surface area contributed by atoms with Gasteiger partial charge in [-0.15, -0.1) is 0 Å². The Balaban J connectivity index is 1.87. The maximum Gasteiger partial charge on any atom is 0.307 e. The average Bonchev–Trinajstić information content (AvgIpc) is 2.79. The average molecular weight is 275 g/mol. The molecular formula is C16H21NO3. The van der Waals surface area contributed by atoms with E-state index >= 15 is 0 Å². The Hall–Kier alpha value is -1.55. The predicted octanol–water partition coefficient (Wildman–Crippen LogP) is 2.40. The van der Waals surface area contributed by atoms with Gasteiger partial charge in [-0.1, -0.05) is 12.5 Å². The third-order valence-electron chi connectivity index (χ3n) is 4.60. The molecule has 108 valence electrons. The summed E-state index contributed by atoms with van der Waals surface area (Å²) in [5.74, 6) is -0.790. The number of hydrogen-bond acceptors (Lipinski definition) is 3. The summed E-state index contributed by atoms with van der Waals surface area (Å²) in [6, 6.07) is 3.95. The van der Waals surface area contributed by atoms with E-state index in [1.807, 2.05) is 6.07 Å². The number of phenolic OH excluding ortho intramolecular Hbond substituents is 1. The quantitative estimate of drug-likeness (QED) is 0.725. The number of fused-ring (bicyclic) bond motifs is 1. The highest BCUT2D eigenvalue weighted by Crippen LogP contribution is 2.36. The van der Waals surface area contributed by atoms with E-state index in [1.54, 1.807) is 0 Å². The van der Waals surface area contributed by atoms with E-state index < -0.39 is 5.97 Å². The van der Waals surface area contributed by atoms with Gasteiger partial charge >= 0.3 is 5.97 Å². The third kappa shape index (κ3) is 2.52. The number of carboxylic acids is 1. The molecule has 4 heteroatoms. The number of nitrogens with one attached hydrogen (secondary N) is 1. The monoisotopic (exact) mass is 275 g/mol. The van der Waals surface area contributed by atoms with Gasteiger partial charge in [0.1, 0.15) is 5.75 Å². The first-order valence-corrected chi connectivity index (χ1v) is 7.46. The summed E-state index contributed by atoms with van der Waals surface area (Å²) in [5.41, 5.74) is 3.46. The second kappa shape index (κ2) is 5.44. The molecule has 1 fully saturated rings. The molecule has 3 rings (SSSR count). The molecule has 1 heterocycles. The Labute approximate surface area is 118 Å². The molecule has 1 aromatic carbocycles. The Morgan fingerprint density at radius 1 is 1.15 bits per heavy atom. The fraction of sp³-hybridized carbons (Fsp3) is 0.562. The summed E-state index contributed by atoms with van der Waals surface area (Å²) >= 11 is 0. The van der Waals surface area contributed by atoms with Crippen molar-refractivity contribution >= 4 is 5.97 Å². The van der Waals surface area contributed by atoms with Crippen LogP contribution in [0.15, 0.2) is 12.1 Å². The van der Waals surface area contributed by atoms with Gasteiger partial charge in [0.15, 0.2) is 0 Å². The minimum absolute atomic E-state index is 0.0374. The summed E-state index contributed by atoms with van der Waals surface area (Å²) in [5, 5.41) is 22.6. The number of aryl methyl sites for hydroxylation is 2. The standard InChI is InChI=1S/C16H21NO3/c18-15-8-11-5-3-1-2-4-10(11)6-13(15)14-7-12(9-17-14)16(19)20/h6,8,12,14,17-18H,1-5,7,9H2,(H,19,20). The maximum atomic E-state index is 11.0. The van der Waals surface area contributed by atoms with E-state index in [0.717, 1.165) is 18.4 Å². The molecule has 0 spiro atoms. The lowest BCUT2D eigenvalue weighted by Crippen LogP contribution is -2.17. The second-order valence-electron chi connectivity index (χ2n) is 5.97. The number of benzene rings is 1. The topological polar surface area (TPSA) is 69.6 Å². The lowest BCUT2D eigenvalue weighted by Gasteiger charge is -2.16. The van der Waals surface area contributed by atoms with Crippen molar-refractivity contribution < 1.29 is 15.0 Å². The van der Waals surface area contributed by atoms with Crippen LogP contribution in [0.2, 0.25) is 0 Å². The van der Waals surface area contributed by atoms with Crippen molar-refractivity contribution in [2.45, 2.75) is 44.6 Å². The van der Waals surface area contributed by atoms with Crippen LogP contribution in [-0.2, 0) is 17.6 Å². The SMILES string of the molecule is O=C(O)C1CNC(c2cc3c(cc2O)CCCCC3)C1. The van der Waals surface area contributed by atoms with Gasteiger partial charge < -0.3 is 15.5 Å². The maximum absolute atomic E-state index is 11.0. The van der Waals surface area contributed by atoms with Gasteiger partial charge in [0.05, 0.1) is 5.92 Å². The number of aliphatic carboxylic acids is 1. The van der Waals surface area contributed by atoms with E-state index in [4.69, 9.17) is 5.11 Å². The summed E-state index contributed by atoms with van der Waals surface area (Å²) in [4.78, 5) is 11.0. The van der Waals surface area contributed by atoms with Crippen LogP contribution < -0.4 is 5.32 Å². The first kappa shape index (κ1) is 13.4. The Kier molecular flexibility index (Phi) is 3.66. The van der Waals surface area contributed by atoms with Gasteiger partial charge in [-0.3, -0.25) is 4.79 Å². The number of carbonyl (C=O) groups is 1. The minimum atomic E-state index is -0.755. The van der Waals surface area contributed by atoms with Crippen LogP contribution in [0.1, 0.15) is 48.4 Å². The molecule has 2 atom stereocenters. The molecule has 4 nitrogen and oxygen atoms in total. The van der Waals surface area contributed by atoms with Crippen molar-refractivity contribution in [2.24, 2.45) is 5.92 Å². The van der Waals surface area contributed by atoms with Gasteiger partial charge in [-0.2, -0.15) is 0 Å². The van der Waals surface area contributed by atoms with Crippen LogP contribution in [-0.4, -0.2) is 22.7 Å². The van der Waals surface area contributed by atoms with Crippen LogP contribution in [0.25, 0.3) is 0 Å². The number of rotatable bonds is 2. The second-order valence-corrected chi connectivity index (χ2v) is 5.97. The molecule has 1 aliphatic carbocycles. The summed E-state index contributed by atoms with van der Waals surface area (Å²) in [6.45, 7) is 0.483. The first-order chi connectivity index (χ1) is 9.65. The molecule has 3 N–H and O–H groups in total. The van der Waals surface area contributed by atoms with E-state index in [2.05, 4.69) is 11.4 Å². The van der Waals surface area contributed by atoms with Crippen molar-refractivity contribution in [1.82, 2.24) is 5.32 Å². The van der Waals surface area contributed by atoms with Crippen LogP contribution in [0.3, 0.4) is 0 Å². The van der Waals surface area contributed by atoms with Gasteiger partial charge in [0.2, 0.25) is 0 Å². The van der Waals surface area contributed by atoms with Crippen molar-refractivity contribution in [3.05, 3.63) is 28.8 Å². The van der Waals surface area contributed by atoms with Crippen molar-refractivity contribution in [1.29, 1.82) is 0 Å². The summed E-state index contributed by atoms with van der Waals surface area (Å²) < 4.78 is 0. The van der Waals surface area contributed by atoms with Crippen LogP contribution in [0.5, 0.6) is 5.75 Å². The summed E-state index contributed by atoms with van der Waals surface area (Å²) in [7, 11) is 0. The zero-order valence-electron chi connectivity index (χ0n) is 11.6. The van der Waals surface area contributed by atoms with Crippen LogP contribution in [0.4, 0.5) is 0 Å². The van der Waals surface area contributed by atoms with Gasteiger partial charge in [0, 0.05) is 18.2 Å². The zero-order valence-corrected chi connectivity index (χ0v) is 11.6. The van der Waals surface area contributed by atoms with Gasteiger partial charge in [-0.25, -0.2) is 0 Å². The molecule has 2 aliphatic rings. The van der Waals surface area contributed by atoms with Crippen molar-refractivity contribution in [3.8, 4) is 5.75 Å². The fourth-order valence-electron chi connectivity index (χ4n) is 3.41. The number of hydrogen-bond donors (Lipinski definition) is 3. The molecule has 0 saturated carbocycles. The molecule has 1 aromatic rings. The van der Waals surface area contributed by atoms with Crippen LogP contribution in [0, 0.1) is 5.92 Å². The van der Waals surface area contributed by atoms with E-state index in [-0.39, 0.29) is 12.0 Å². The van der Waals surface area contributed by atoms with Crippen molar-refractivity contribution in [2.75, 3.05) is 6.54 Å². The highest BCUT2D eigenvalue weighted by molar-refractivity contribution is 5.71. The molecule has 0 bridgehead atoms. The number of phenols is 1. The molecule has 1 aliphatic heterocycles. The van der Waals surface area contributed by atoms with Crippen molar-refractivity contribution in [3.63, 3.8) is 0 Å². The van der Waals surface area contributed by atoms with E-state index in [9.17, 15) is 9.90 Å². The highest BCUT2D eigenvalue weighted by Gasteiger charge is 2.31.